The van der Waals surface area contributed by atoms with Crippen LogP contribution in [0, 0.1) is 30.6 Å². The van der Waals surface area contributed by atoms with Crippen molar-refractivity contribution in [3.63, 3.8) is 0 Å². The highest BCUT2D eigenvalue weighted by molar-refractivity contribution is 7.92. The van der Waals surface area contributed by atoms with Crippen LogP contribution in [-0.4, -0.2) is 70.4 Å². The average Bonchev–Trinajstić information content (AvgIpc) is 3.17. The van der Waals surface area contributed by atoms with Crippen LogP contribution in [0.5, 0.6) is 5.75 Å². The van der Waals surface area contributed by atoms with E-state index in [0.717, 1.165) is 38.6 Å². The fourth-order valence-corrected chi connectivity index (χ4v) is 10.8. The summed E-state index contributed by atoms with van der Waals surface area (Å²) in [5.41, 5.74) is 2.86. The molecule has 10 nitrogen and oxygen atoms in total. The average molecular weight is 691 g/mol. The van der Waals surface area contributed by atoms with Crippen LogP contribution < -0.4 is 14.4 Å². The van der Waals surface area contributed by atoms with E-state index >= 15 is 0 Å². The molecule has 3 aliphatic carbocycles. The van der Waals surface area contributed by atoms with Crippen molar-refractivity contribution in [2.75, 3.05) is 37.5 Å². The molecule has 0 radical (unpaired) electrons. The fourth-order valence-electron chi connectivity index (χ4n) is 8.80. The normalized spacial score (nSPS) is 36.5. The number of benzene rings is 1. The number of aliphatic hydroxyl groups is 1. The van der Waals surface area contributed by atoms with Crippen molar-refractivity contribution >= 4 is 27.5 Å². The molecule has 2 bridgehead atoms. The van der Waals surface area contributed by atoms with Crippen molar-refractivity contribution in [3.05, 3.63) is 64.9 Å². The molecule has 0 unspecified atom stereocenters. The predicted octanol–water partition coefficient (Wildman–Crippen LogP) is 5.30. The third kappa shape index (κ3) is 6.90. The lowest BCUT2D eigenvalue weighted by atomic mass is 9.68. The summed E-state index contributed by atoms with van der Waals surface area (Å²) in [4.78, 5) is 34.2. The predicted molar refractivity (Wildman–Crippen MR) is 189 cm³/mol. The second kappa shape index (κ2) is 13.1. The zero-order valence-electron chi connectivity index (χ0n) is 29.2. The maximum atomic E-state index is 14.4. The number of rotatable bonds is 3. The quantitative estimate of drug-likeness (QED) is 0.415. The molecule has 1 aromatic carbocycles. The minimum Gasteiger partial charge on any atom is -0.489 e. The maximum absolute atomic E-state index is 14.4. The Morgan fingerprint density at radius 2 is 2.02 bits per heavy atom. The number of hydrogen-bond donors (Lipinski definition) is 2. The molecular weight excluding hydrogens is 641 g/mol. The van der Waals surface area contributed by atoms with E-state index in [0.29, 0.717) is 43.0 Å². The molecule has 49 heavy (non-hydrogen) atoms. The van der Waals surface area contributed by atoms with Gasteiger partial charge in [0.15, 0.2) is 11.6 Å². The van der Waals surface area contributed by atoms with E-state index < -0.39 is 33.2 Å². The van der Waals surface area contributed by atoms with Gasteiger partial charge in [-0.2, -0.15) is 0 Å². The Balaban J connectivity index is 1.28. The summed E-state index contributed by atoms with van der Waals surface area (Å²) in [7, 11) is -1.75. The Bertz CT molecular complexity index is 1770. The van der Waals surface area contributed by atoms with Gasteiger partial charge in [0, 0.05) is 31.5 Å². The number of hydrogen-bond acceptors (Lipinski definition) is 8. The molecule has 2 aliphatic heterocycles. The molecular formula is C38H50N4O6S. The Morgan fingerprint density at radius 1 is 1.20 bits per heavy atom. The number of aryl methyl sites for hydroxylation is 2. The Hall–Kier alpha value is -3.28. The van der Waals surface area contributed by atoms with E-state index in [1.165, 1.54) is 16.7 Å². The molecule has 3 heterocycles. The maximum Gasteiger partial charge on any atom is 0.305 e. The van der Waals surface area contributed by atoms with Gasteiger partial charge in [0.2, 0.25) is 5.91 Å². The van der Waals surface area contributed by atoms with E-state index in [4.69, 9.17) is 14.5 Å². The number of allylic oxidation sites excluding steroid dienone is 1. The first-order chi connectivity index (χ1) is 23.4. The standard InChI is InChI=1S/C38H50N4O6S/c1-24-10-13-30-26(17-24)8-6-16-38(30)22-42-20-27-11-12-29(27)32(47-4)9-5-7-25(2)21-49(46,40-35(43)28-18-37(3,45)19-28)41-36(44)31-14-15-33(48-23-38)34(42)39-31/h5,9-10,13-15,17,25,27-29,32,45H,6-8,11-12,16,18-23H2,1-4H3,(H,40,41,43,44,46)/b9-5+/t25-,27-,28-,29+,32-,37-,38-,49+/m0/s1. The van der Waals surface area contributed by atoms with Crippen LogP contribution in [0.3, 0.4) is 0 Å². The molecule has 11 heteroatoms. The lowest BCUT2D eigenvalue weighted by molar-refractivity contribution is -0.137. The van der Waals surface area contributed by atoms with Crippen LogP contribution in [-0.2, 0) is 31.3 Å². The van der Waals surface area contributed by atoms with Gasteiger partial charge in [0.05, 0.1) is 24.1 Å². The van der Waals surface area contributed by atoms with E-state index in [2.05, 4.69) is 51.3 Å². The molecule has 2 fully saturated rings. The van der Waals surface area contributed by atoms with Crippen molar-refractivity contribution in [2.24, 2.45) is 28.0 Å². The first kappa shape index (κ1) is 34.2. The largest absolute Gasteiger partial charge is 0.489 e. The molecule has 2 saturated carbocycles. The van der Waals surface area contributed by atoms with Gasteiger partial charge in [0.25, 0.3) is 0 Å². The molecule has 0 saturated heterocycles. The number of pyridine rings is 1. The summed E-state index contributed by atoms with van der Waals surface area (Å²) in [6, 6.07) is 10.2. The molecule has 5 aliphatic rings. The van der Waals surface area contributed by atoms with Gasteiger partial charge >= 0.3 is 5.91 Å². The van der Waals surface area contributed by atoms with Gasteiger partial charge in [-0.3, -0.25) is 14.3 Å². The van der Waals surface area contributed by atoms with E-state index in [-0.39, 0.29) is 41.7 Å². The van der Waals surface area contributed by atoms with Crippen molar-refractivity contribution in [3.8, 4) is 5.75 Å². The summed E-state index contributed by atoms with van der Waals surface area (Å²) in [5, 5.41) is 10.2. The smallest absolute Gasteiger partial charge is 0.305 e. The van der Waals surface area contributed by atoms with Crippen molar-refractivity contribution in [2.45, 2.75) is 89.3 Å². The molecule has 2 amide bonds. The summed E-state index contributed by atoms with van der Waals surface area (Å²) >= 11 is 0. The summed E-state index contributed by atoms with van der Waals surface area (Å²) in [5.74, 6) is 0.106. The number of amides is 2. The first-order valence-electron chi connectivity index (χ1n) is 17.9. The van der Waals surface area contributed by atoms with Gasteiger partial charge in [-0.1, -0.05) is 42.8 Å². The number of anilines is 1. The number of carbonyl (C=O) groups excluding carboxylic acids is 2. The van der Waals surface area contributed by atoms with Crippen molar-refractivity contribution in [1.29, 1.82) is 0 Å². The molecule has 1 spiro atoms. The molecule has 2 aromatic rings. The lowest BCUT2D eigenvalue weighted by Crippen LogP contribution is -2.50. The van der Waals surface area contributed by atoms with E-state index in [1.807, 2.05) is 6.92 Å². The zero-order chi connectivity index (χ0) is 34.6. The molecule has 2 N–H and O–H groups in total. The van der Waals surface area contributed by atoms with Gasteiger partial charge in [-0.05, 0) is 106 Å². The van der Waals surface area contributed by atoms with Crippen LogP contribution in [0.25, 0.3) is 0 Å². The van der Waals surface area contributed by atoms with Crippen molar-refractivity contribution in [1.82, 2.24) is 9.71 Å². The molecule has 1 aromatic heterocycles. The number of methoxy groups -OCH3 is 1. The van der Waals surface area contributed by atoms with Crippen LogP contribution in [0.2, 0.25) is 0 Å². The second-order valence-corrected chi connectivity index (χ2v) is 17.7. The molecule has 7 rings (SSSR count). The number of fused-ring (bicyclic) bond motifs is 4. The van der Waals surface area contributed by atoms with Gasteiger partial charge in [-0.25, -0.2) is 9.19 Å². The Kier molecular flexibility index (Phi) is 9.15. The minimum absolute atomic E-state index is 0.00319. The highest BCUT2D eigenvalue weighted by atomic mass is 32.2. The van der Waals surface area contributed by atoms with Crippen molar-refractivity contribution < 1.29 is 28.4 Å². The number of carbonyl (C=O) groups is 2. The monoisotopic (exact) mass is 690 g/mol. The minimum atomic E-state index is -3.51. The zero-order valence-corrected chi connectivity index (χ0v) is 30.0. The van der Waals surface area contributed by atoms with Crippen LogP contribution in [0.4, 0.5) is 5.82 Å². The summed E-state index contributed by atoms with van der Waals surface area (Å²) in [6.07, 6.45) is 10.5. The third-order valence-corrected chi connectivity index (χ3v) is 13.5. The van der Waals surface area contributed by atoms with Gasteiger partial charge in [0.1, 0.15) is 15.6 Å². The number of nitrogens with one attached hydrogen (secondary N) is 1. The molecule has 264 valence electrons. The van der Waals surface area contributed by atoms with E-state index in [9.17, 15) is 18.9 Å². The first-order valence-corrected chi connectivity index (χ1v) is 19.6. The Morgan fingerprint density at radius 3 is 2.76 bits per heavy atom. The summed E-state index contributed by atoms with van der Waals surface area (Å²) < 4.78 is 33.9. The highest BCUT2D eigenvalue weighted by Crippen LogP contribution is 2.46. The van der Waals surface area contributed by atoms with Crippen LogP contribution in [0.15, 0.2) is 46.8 Å². The van der Waals surface area contributed by atoms with Gasteiger partial charge in [-0.15, -0.1) is 4.36 Å². The number of nitrogens with zero attached hydrogens (tertiary/aromatic N) is 3. The fraction of sp³-hybridized carbons (Fsp3) is 0.605. The molecule has 6 atom stereocenters. The summed E-state index contributed by atoms with van der Waals surface area (Å²) in [6.45, 7) is 7.71. The third-order valence-electron chi connectivity index (χ3n) is 11.5. The number of aromatic nitrogens is 1. The van der Waals surface area contributed by atoms with E-state index in [1.54, 1.807) is 26.2 Å². The van der Waals surface area contributed by atoms with Crippen LogP contribution in [0.1, 0.15) is 86.0 Å². The highest BCUT2D eigenvalue weighted by Gasteiger charge is 2.46. The van der Waals surface area contributed by atoms with Gasteiger partial charge < -0.3 is 19.5 Å². The lowest BCUT2D eigenvalue weighted by Gasteiger charge is -2.45. The van der Waals surface area contributed by atoms with Crippen LogP contribution >= 0.6 is 0 Å². The second-order valence-electron chi connectivity index (χ2n) is 15.7. The Labute approximate surface area is 290 Å². The SMILES string of the molecule is CO[C@H]1/C=C/C[C@H](C)C[S@@](=O)(NC(=O)[C@H]2C[C@](C)(O)C2)=NC(=O)c2ccc3c(n2)N(C[C@@H]2CC[C@H]21)C[C@@]1(CCCc2cc(C)ccc21)CO3. The number of ether oxygens (including phenoxy) is 2. The topological polar surface area (TPSA) is 130 Å².